The third-order valence-corrected chi connectivity index (χ3v) is 7.94. The van der Waals surface area contributed by atoms with Crippen LogP contribution in [0.2, 0.25) is 5.02 Å². The molecule has 0 saturated carbocycles. The zero-order chi connectivity index (χ0) is 21.1. The van der Waals surface area contributed by atoms with Crippen LogP contribution in [0.25, 0.3) is 11.5 Å². The molecule has 0 bridgehead atoms. The van der Waals surface area contributed by atoms with Gasteiger partial charge in [-0.05, 0) is 43.2 Å². The van der Waals surface area contributed by atoms with Crippen molar-refractivity contribution in [3.8, 4) is 11.5 Å². The standard InChI is InChI=1S/C20H19ClFN3O3S2/c21-17-8-5-9-18(22)16(17)13-29-20-24-23-19(28-20)14-6-4-7-15(12-14)30(26,27)25-10-2-1-3-11-25/h4-9,12H,1-3,10-11,13H2. The molecule has 1 aliphatic rings. The Bertz CT molecular complexity index is 1130. The molecule has 0 atom stereocenters. The molecular weight excluding hydrogens is 449 g/mol. The van der Waals surface area contributed by atoms with Gasteiger partial charge in [0.1, 0.15) is 5.82 Å². The Morgan fingerprint density at radius 3 is 2.63 bits per heavy atom. The first-order valence-electron chi connectivity index (χ1n) is 9.45. The van der Waals surface area contributed by atoms with Crippen molar-refractivity contribution in [3.05, 3.63) is 58.9 Å². The van der Waals surface area contributed by atoms with E-state index in [1.165, 1.54) is 10.4 Å². The highest BCUT2D eigenvalue weighted by Crippen LogP contribution is 2.30. The van der Waals surface area contributed by atoms with Crippen LogP contribution in [0.1, 0.15) is 24.8 Å². The highest BCUT2D eigenvalue weighted by atomic mass is 35.5. The first-order valence-corrected chi connectivity index (χ1v) is 12.3. The molecule has 1 fully saturated rings. The van der Waals surface area contributed by atoms with E-state index in [0.717, 1.165) is 31.0 Å². The summed E-state index contributed by atoms with van der Waals surface area (Å²) in [5, 5.41) is 8.55. The minimum atomic E-state index is -3.56. The Kier molecular flexibility index (Phi) is 6.43. The molecule has 158 valence electrons. The second-order valence-electron chi connectivity index (χ2n) is 6.85. The zero-order valence-electron chi connectivity index (χ0n) is 15.9. The molecule has 0 spiro atoms. The van der Waals surface area contributed by atoms with Crippen LogP contribution >= 0.6 is 23.4 Å². The third kappa shape index (κ3) is 4.54. The summed E-state index contributed by atoms with van der Waals surface area (Å²) in [4.78, 5) is 0.201. The molecule has 2 aromatic carbocycles. The lowest BCUT2D eigenvalue weighted by atomic mass is 10.2. The van der Waals surface area contributed by atoms with E-state index in [0.29, 0.717) is 29.2 Å². The number of aromatic nitrogens is 2. The van der Waals surface area contributed by atoms with Gasteiger partial charge < -0.3 is 4.42 Å². The van der Waals surface area contributed by atoms with Gasteiger partial charge in [-0.3, -0.25) is 0 Å². The maximum Gasteiger partial charge on any atom is 0.277 e. The van der Waals surface area contributed by atoms with Gasteiger partial charge in [0.2, 0.25) is 15.9 Å². The Labute approximate surface area is 183 Å². The van der Waals surface area contributed by atoms with Crippen molar-refractivity contribution >= 4 is 33.4 Å². The van der Waals surface area contributed by atoms with E-state index in [2.05, 4.69) is 10.2 Å². The Hall–Kier alpha value is -1.94. The molecule has 0 radical (unpaired) electrons. The number of hydrogen-bond donors (Lipinski definition) is 0. The van der Waals surface area contributed by atoms with Crippen LogP contribution in [0.3, 0.4) is 0 Å². The van der Waals surface area contributed by atoms with Crippen molar-refractivity contribution in [1.29, 1.82) is 0 Å². The normalized spacial score (nSPS) is 15.4. The molecule has 0 amide bonds. The van der Waals surface area contributed by atoms with E-state index in [9.17, 15) is 12.8 Å². The third-order valence-electron chi connectivity index (χ3n) is 4.84. The molecule has 1 aliphatic heterocycles. The highest BCUT2D eigenvalue weighted by molar-refractivity contribution is 7.98. The maximum atomic E-state index is 13.9. The lowest BCUT2D eigenvalue weighted by molar-refractivity contribution is 0.346. The zero-order valence-corrected chi connectivity index (χ0v) is 18.3. The average Bonchev–Trinajstić information content (AvgIpc) is 3.23. The van der Waals surface area contributed by atoms with E-state index in [1.807, 2.05) is 0 Å². The molecule has 6 nitrogen and oxygen atoms in total. The summed E-state index contributed by atoms with van der Waals surface area (Å²) in [5.41, 5.74) is 0.870. The van der Waals surface area contributed by atoms with Gasteiger partial charge in [0.05, 0.1) is 4.90 Å². The molecule has 1 aromatic heterocycles. The van der Waals surface area contributed by atoms with Crippen molar-refractivity contribution < 1.29 is 17.2 Å². The molecule has 0 unspecified atom stereocenters. The Morgan fingerprint density at radius 1 is 1.10 bits per heavy atom. The molecule has 10 heteroatoms. The first-order chi connectivity index (χ1) is 14.4. The van der Waals surface area contributed by atoms with Crippen LogP contribution in [0.5, 0.6) is 0 Å². The van der Waals surface area contributed by atoms with Crippen LogP contribution in [0.15, 0.2) is 57.0 Å². The van der Waals surface area contributed by atoms with Crippen molar-refractivity contribution in [2.45, 2.75) is 35.1 Å². The highest BCUT2D eigenvalue weighted by Gasteiger charge is 2.26. The Morgan fingerprint density at radius 2 is 1.87 bits per heavy atom. The summed E-state index contributed by atoms with van der Waals surface area (Å²) >= 11 is 7.20. The van der Waals surface area contributed by atoms with Gasteiger partial charge in [-0.1, -0.05) is 41.9 Å². The van der Waals surface area contributed by atoms with Crippen molar-refractivity contribution in [2.75, 3.05) is 13.1 Å². The van der Waals surface area contributed by atoms with Gasteiger partial charge in [-0.25, -0.2) is 12.8 Å². The topological polar surface area (TPSA) is 76.3 Å². The van der Waals surface area contributed by atoms with Crippen LogP contribution in [-0.2, 0) is 15.8 Å². The predicted molar refractivity (Wildman–Crippen MR) is 113 cm³/mol. The number of sulfonamides is 1. The second-order valence-corrected chi connectivity index (χ2v) is 10.1. The fraction of sp³-hybridized carbons (Fsp3) is 0.300. The van der Waals surface area contributed by atoms with Gasteiger partial charge in [0.15, 0.2) is 0 Å². The fourth-order valence-corrected chi connectivity index (χ4v) is 5.90. The number of halogens is 2. The Balaban J connectivity index is 1.52. The minimum Gasteiger partial charge on any atom is -0.411 e. The number of nitrogens with zero attached hydrogens (tertiary/aromatic N) is 3. The fourth-order valence-electron chi connectivity index (χ4n) is 3.23. The molecule has 1 saturated heterocycles. The lowest BCUT2D eigenvalue weighted by Crippen LogP contribution is -2.35. The summed E-state index contributed by atoms with van der Waals surface area (Å²) in [5.74, 6) is 0.0365. The molecule has 4 rings (SSSR count). The number of thioether (sulfide) groups is 1. The summed E-state index contributed by atoms with van der Waals surface area (Å²) in [6.45, 7) is 1.07. The molecule has 2 heterocycles. The number of piperidine rings is 1. The molecular formula is C20H19ClFN3O3S2. The van der Waals surface area contributed by atoms with Crippen molar-refractivity contribution in [1.82, 2.24) is 14.5 Å². The summed E-state index contributed by atoms with van der Waals surface area (Å²) in [6.07, 6.45) is 2.79. The van der Waals surface area contributed by atoms with Gasteiger partial charge in [0, 0.05) is 35.0 Å². The van der Waals surface area contributed by atoms with E-state index in [-0.39, 0.29) is 21.8 Å². The van der Waals surface area contributed by atoms with Gasteiger partial charge in [-0.15, -0.1) is 10.2 Å². The minimum absolute atomic E-state index is 0.201. The lowest BCUT2D eigenvalue weighted by Gasteiger charge is -2.25. The average molecular weight is 468 g/mol. The maximum absolute atomic E-state index is 13.9. The van der Waals surface area contributed by atoms with Crippen LogP contribution < -0.4 is 0 Å². The number of rotatable bonds is 6. The predicted octanol–water partition coefficient (Wildman–Crippen LogP) is 5.00. The quantitative estimate of drug-likeness (QED) is 0.475. The number of benzene rings is 2. The van der Waals surface area contributed by atoms with E-state index in [4.69, 9.17) is 16.0 Å². The van der Waals surface area contributed by atoms with Crippen molar-refractivity contribution in [3.63, 3.8) is 0 Å². The monoisotopic (exact) mass is 467 g/mol. The van der Waals surface area contributed by atoms with Crippen molar-refractivity contribution in [2.24, 2.45) is 0 Å². The van der Waals surface area contributed by atoms with E-state index in [1.54, 1.807) is 36.4 Å². The molecule has 30 heavy (non-hydrogen) atoms. The molecule has 3 aromatic rings. The largest absolute Gasteiger partial charge is 0.411 e. The van der Waals surface area contributed by atoms with Crippen LogP contribution in [0.4, 0.5) is 4.39 Å². The second kappa shape index (κ2) is 9.05. The van der Waals surface area contributed by atoms with Crippen LogP contribution in [-0.4, -0.2) is 36.0 Å². The summed E-state index contributed by atoms with van der Waals surface area (Å²) < 4.78 is 46.9. The van der Waals surface area contributed by atoms with E-state index >= 15 is 0 Å². The molecule has 0 aliphatic carbocycles. The van der Waals surface area contributed by atoms with E-state index < -0.39 is 15.8 Å². The summed E-state index contributed by atoms with van der Waals surface area (Å²) in [6, 6.07) is 11.0. The van der Waals surface area contributed by atoms with Gasteiger partial charge in [-0.2, -0.15) is 4.31 Å². The van der Waals surface area contributed by atoms with Gasteiger partial charge in [0.25, 0.3) is 5.22 Å². The number of hydrogen-bond acceptors (Lipinski definition) is 6. The molecule has 0 N–H and O–H groups in total. The van der Waals surface area contributed by atoms with Gasteiger partial charge >= 0.3 is 0 Å². The smallest absolute Gasteiger partial charge is 0.277 e. The van der Waals surface area contributed by atoms with Crippen LogP contribution in [0, 0.1) is 5.82 Å². The summed E-state index contributed by atoms with van der Waals surface area (Å²) in [7, 11) is -3.56. The SMILES string of the molecule is O=S(=O)(c1cccc(-c2nnc(SCc3c(F)cccc3Cl)o2)c1)N1CCCCC1. The first kappa shape index (κ1) is 21.3.